The Bertz CT molecular complexity index is 490. The van der Waals surface area contributed by atoms with Crippen LogP contribution in [0.2, 0.25) is 0 Å². The van der Waals surface area contributed by atoms with E-state index in [4.69, 9.17) is 15.2 Å². The Hall–Kier alpha value is -1.59. The zero-order valence-electron chi connectivity index (χ0n) is 12.8. The van der Waals surface area contributed by atoms with Gasteiger partial charge in [0, 0.05) is 13.1 Å². The molecule has 1 heterocycles. The topological polar surface area (TPSA) is 64.8 Å². The lowest BCUT2D eigenvalue weighted by Gasteiger charge is -2.34. The Labute approximate surface area is 126 Å². The van der Waals surface area contributed by atoms with E-state index in [1.807, 2.05) is 25.1 Å². The first-order valence-electron chi connectivity index (χ1n) is 7.60. The maximum Gasteiger partial charge on any atom is 0.268 e. The summed E-state index contributed by atoms with van der Waals surface area (Å²) in [6.07, 6.45) is 1.18. The molecule has 1 unspecified atom stereocenters. The number of carbonyl (C=O) groups excluding carboxylic acids is 1. The van der Waals surface area contributed by atoms with E-state index >= 15 is 0 Å². The number of hydrogen-bond acceptors (Lipinski definition) is 4. The highest BCUT2D eigenvalue weighted by atomic mass is 16.5. The Morgan fingerprint density at radius 2 is 2.14 bits per heavy atom. The molecule has 116 valence electrons. The minimum atomic E-state index is -0.403. The fraction of sp³-hybridized carbons (Fsp3) is 0.562. The van der Waals surface area contributed by atoms with Gasteiger partial charge in [-0.25, -0.2) is 0 Å². The summed E-state index contributed by atoms with van der Waals surface area (Å²) in [7, 11) is 0. The molecule has 1 amide bonds. The van der Waals surface area contributed by atoms with E-state index < -0.39 is 6.10 Å². The van der Waals surface area contributed by atoms with Gasteiger partial charge in [0.25, 0.3) is 5.91 Å². The number of nitrogens with two attached hydrogens (primary N) is 1. The van der Waals surface area contributed by atoms with Crippen LogP contribution < -0.4 is 15.4 Å². The van der Waals surface area contributed by atoms with Crippen LogP contribution in [0.25, 0.3) is 0 Å². The first kappa shape index (κ1) is 15.8. The number of anilines is 1. The van der Waals surface area contributed by atoms with Crippen LogP contribution in [-0.2, 0) is 16.0 Å². The van der Waals surface area contributed by atoms with Gasteiger partial charge in [-0.3, -0.25) is 4.79 Å². The molecule has 0 saturated heterocycles. The largest absolute Gasteiger partial charge is 0.478 e. The van der Waals surface area contributed by atoms with E-state index in [2.05, 4.69) is 6.92 Å². The monoisotopic (exact) mass is 292 g/mol. The van der Waals surface area contributed by atoms with Crippen molar-refractivity contribution in [2.75, 3.05) is 31.2 Å². The van der Waals surface area contributed by atoms with Crippen molar-refractivity contribution in [2.45, 2.75) is 32.8 Å². The molecular weight excluding hydrogens is 268 g/mol. The second kappa shape index (κ2) is 7.43. The van der Waals surface area contributed by atoms with E-state index in [9.17, 15) is 4.79 Å². The summed E-state index contributed by atoms with van der Waals surface area (Å²) in [5, 5.41) is 0. The highest BCUT2D eigenvalue weighted by Gasteiger charge is 2.33. The summed E-state index contributed by atoms with van der Waals surface area (Å²) in [6, 6.07) is 6.03. The predicted octanol–water partition coefficient (Wildman–Crippen LogP) is 1.73. The van der Waals surface area contributed by atoms with Gasteiger partial charge in [-0.05, 0) is 30.5 Å². The van der Waals surface area contributed by atoms with E-state index in [0.29, 0.717) is 32.7 Å². The Kier molecular flexibility index (Phi) is 5.59. The van der Waals surface area contributed by atoms with Crippen LogP contribution in [0.5, 0.6) is 5.75 Å². The molecule has 1 aromatic rings. The normalized spacial score (nSPS) is 17.6. The molecule has 0 aliphatic carbocycles. The smallest absolute Gasteiger partial charge is 0.268 e. The Morgan fingerprint density at radius 3 is 2.81 bits per heavy atom. The predicted molar refractivity (Wildman–Crippen MR) is 82.8 cm³/mol. The van der Waals surface area contributed by atoms with Gasteiger partial charge in [0.1, 0.15) is 5.75 Å². The summed E-state index contributed by atoms with van der Waals surface area (Å²) in [5.74, 6) is 0.784. The number of rotatable bonds is 7. The lowest BCUT2D eigenvalue weighted by Crippen LogP contribution is -2.47. The maximum atomic E-state index is 12.5. The molecular formula is C16H24N2O3. The van der Waals surface area contributed by atoms with Crippen LogP contribution in [0.15, 0.2) is 18.2 Å². The van der Waals surface area contributed by atoms with Crippen molar-refractivity contribution in [1.29, 1.82) is 0 Å². The van der Waals surface area contributed by atoms with E-state index in [-0.39, 0.29) is 5.91 Å². The molecule has 1 aliphatic heterocycles. The molecule has 2 N–H and O–H groups in total. The third-order valence-electron chi connectivity index (χ3n) is 3.63. The van der Waals surface area contributed by atoms with Crippen molar-refractivity contribution in [3.63, 3.8) is 0 Å². The van der Waals surface area contributed by atoms with Gasteiger partial charge in [0.2, 0.25) is 0 Å². The van der Waals surface area contributed by atoms with Gasteiger partial charge in [0.15, 0.2) is 6.10 Å². The summed E-state index contributed by atoms with van der Waals surface area (Å²) in [5.41, 5.74) is 7.44. The van der Waals surface area contributed by atoms with Crippen molar-refractivity contribution in [2.24, 2.45) is 5.73 Å². The first-order valence-corrected chi connectivity index (χ1v) is 7.60. The second-order valence-electron chi connectivity index (χ2n) is 5.06. The van der Waals surface area contributed by atoms with Crippen molar-refractivity contribution >= 4 is 11.6 Å². The molecule has 0 saturated carbocycles. The molecule has 0 spiro atoms. The van der Waals surface area contributed by atoms with Crippen LogP contribution in [0.3, 0.4) is 0 Å². The molecule has 5 nitrogen and oxygen atoms in total. The third kappa shape index (κ3) is 3.54. The number of ether oxygens (including phenoxy) is 2. The minimum absolute atomic E-state index is 0.00889. The second-order valence-corrected chi connectivity index (χ2v) is 5.06. The van der Waals surface area contributed by atoms with Crippen LogP contribution >= 0.6 is 0 Å². The average Bonchev–Trinajstić information content (AvgIpc) is 2.52. The molecule has 0 aromatic heterocycles. The van der Waals surface area contributed by atoms with Crippen LogP contribution in [0.4, 0.5) is 5.69 Å². The quantitative estimate of drug-likeness (QED) is 0.777. The molecule has 5 heteroatoms. The van der Waals surface area contributed by atoms with Crippen molar-refractivity contribution in [3.8, 4) is 5.75 Å². The van der Waals surface area contributed by atoms with Gasteiger partial charge < -0.3 is 20.1 Å². The first-order chi connectivity index (χ1) is 10.2. The zero-order valence-corrected chi connectivity index (χ0v) is 12.8. The van der Waals surface area contributed by atoms with Crippen LogP contribution in [0.1, 0.15) is 25.8 Å². The standard InChI is InChI=1S/C16H24N2O3/c1-3-12-5-6-15-13(11-12)18(8-10-20-9-7-17)16(19)14(4-2)21-15/h5-6,11,14H,3-4,7-10,17H2,1-2H3. The van der Waals surface area contributed by atoms with Crippen molar-refractivity contribution < 1.29 is 14.3 Å². The molecule has 21 heavy (non-hydrogen) atoms. The Morgan fingerprint density at radius 1 is 1.33 bits per heavy atom. The summed E-state index contributed by atoms with van der Waals surface area (Å²) in [4.78, 5) is 14.3. The summed E-state index contributed by atoms with van der Waals surface area (Å²) in [6.45, 7) is 6.06. The molecule has 1 atom stereocenters. The van der Waals surface area contributed by atoms with Gasteiger partial charge in [0.05, 0.1) is 18.9 Å². The van der Waals surface area contributed by atoms with E-state index in [0.717, 1.165) is 17.9 Å². The molecule has 0 bridgehead atoms. The molecule has 2 rings (SSSR count). The number of carbonyl (C=O) groups is 1. The lowest BCUT2D eigenvalue weighted by molar-refractivity contribution is -0.126. The van der Waals surface area contributed by atoms with Gasteiger partial charge in [-0.15, -0.1) is 0 Å². The van der Waals surface area contributed by atoms with E-state index in [1.54, 1.807) is 4.90 Å². The molecule has 0 fully saturated rings. The highest BCUT2D eigenvalue weighted by Crippen LogP contribution is 2.35. The average molecular weight is 292 g/mol. The van der Waals surface area contributed by atoms with Gasteiger partial charge >= 0.3 is 0 Å². The number of nitrogens with zero attached hydrogens (tertiary/aromatic N) is 1. The number of amides is 1. The summed E-state index contributed by atoms with van der Waals surface area (Å²) >= 11 is 0. The van der Waals surface area contributed by atoms with Gasteiger partial charge in [-0.1, -0.05) is 19.9 Å². The number of aryl methyl sites for hydroxylation is 1. The van der Waals surface area contributed by atoms with Crippen LogP contribution in [-0.4, -0.2) is 38.3 Å². The number of hydrogen-bond donors (Lipinski definition) is 1. The molecule has 1 aliphatic rings. The number of fused-ring (bicyclic) bond motifs is 1. The highest BCUT2D eigenvalue weighted by molar-refractivity contribution is 6.00. The number of benzene rings is 1. The SMILES string of the molecule is CCc1ccc2c(c1)N(CCOCCN)C(=O)C(CC)O2. The Balaban J connectivity index is 2.21. The molecule has 0 radical (unpaired) electrons. The van der Waals surface area contributed by atoms with Gasteiger partial charge in [-0.2, -0.15) is 0 Å². The lowest BCUT2D eigenvalue weighted by atomic mass is 10.1. The summed E-state index contributed by atoms with van der Waals surface area (Å²) < 4.78 is 11.2. The fourth-order valence-corrected chi connectivity index (χ4v) is 2.42. The van der Waals surface area contributed by atoms with E-state index in [1.165, 1.54) is 5.56 Å². The van der Waals surface area contributed by atoms with Crippen molar-refractivity contribution in [1.82, 2.24) is 0 Å². The molecule has 1 aromatic carbocycles. The third-order valence-corrected chi connectivity index (χ3v) is 3.63. The fourth-order valence-electron chi connectivity index (χ4n) is 2.42. The minimum Gasteiger partial charge on any atom is -0.478 e. The van der Waals surface area contributed by atoms with Crippen LogP contribution in [0, 0.1) is 0 Å². The van der Waals surface area contributed by atoms with Crippen molar-refractivity contribution in [3.05, 3.63) is 23.8 Å². The zero-order chi connectivity index (χ0) is 15.2. The maximum absolute atomic E-state index is 12.5.